The van der Waals surface area contributed by atoms with Crippen molar-refractivity contribution in [3.63, 3.8) is 0 Å². The third kappa shape index (κ3) is 9.60. The van der Waals surface area contributed by atoms with Crippen LogP contribution < -0.4 is 5.56 Å². The minimum atomic E-state index is -0.423. The highest BCUT2D eigenvalue weighted by Crippen LogP contribution is 2.42. The lowest BCUT2D eigenvalue weighted by atomic mass is 9.94. The zero-order valence-electron chi connectivity index (χ0n) is 24.3. The van der Waals surface area contributed by atoms with Gasteiger partial charge in [-0.3, -0.25) is 4.79 Å². The van der Waals surface area contributed by atoms with Gasteiger partial charge in [0.2, 0.25) is 0 Å². The van der Waals surface area contributed by atoms with Gasteiger partial charge in [-0.25, -0.2) is 9.97 Å². The molecule has 3 rings (SSSR count). The fourth-order valence-electron chi connectivity index (χ4n) is 5.65. The molecule has 1 aliphatic rings. The number of unbranched alkanes of at least 4 members (excludes halogenated alkanes) is 11. The normalized spacial score (nSPS) is 19.3. The molecule has 8 nitrogen and oxygen atoms in total. The van der Waals surface area contributed by atoms with Crippen LogP contribution in [0, 0.1) is 12.8 Å². The Morgan fingerprint density at radius 1 is 1.08 bits per heavy atom. The van der Waals surface area contributed by atoms with Crippen LogP contribution in [0.1, 0.15) is 122 Å². The Morgan fingerprint density at radius 2 is 1.74 bits per heavy atom. The van der Waals surface area contributed by atoms with Gasteiger partial charge in [-0.1, -0.05) is 90.7 Å². The zero-order chi connectivity index (χ0) is 28.0. The summed E-state index contributed by atoms with van der Waals surface area (Å²) in [4.78, 5) is 34.2. The standard InChI is InChI=1S/C31H50N4O4/c1-5-6-7-8-14-17-20-38-39-23(2)18-15-12-10-9-11-13-16-19-26-24(3)27(21-28(26)36)35-22-32-29-30(35)33-25(4)34-31(29)37/h22,26-28,36H,2-3,5-21H2,1,4H3,(H,33,34,37)/t26-,27-,28-/m0/s1. The van der Waals surface area contributed by atoms with Crippen LogP contribution in [0.2, 0.25) is 0 Å². The first kappa shape index (κ1) is 31.1. The van der Waals surface area contributed by atoms with E-state index in [-0.39, 0.29) is 17.5 Å². The number of nitrogens with one attached hydrogen (secondary N) is 1. The van der Waals surface area contributed by atoms with Crippen molar-refractivity contribution in [2.24, 2.45) is 5.92 Å². The van der Waals surface area contributed by atoms with Gasteiger partial charge in [-0.2, -0.15) is 4.89 Å². The second-order valence-electron chi connectivity index (χ2n) is 11.2. The number of hydrogen-bond acceptors (Lipinski definition) is 6. The smallest absolute Gasteiger partial charge is 0.279 e. The highest BCUT2D eigenvalue weighted by molar-refractivity contribution is 5.69. The van der Waals surface area contributed by atoms with Gasteiger partial charge in [0.1, 0.15) is 11.6 Å². The van der Waals surface area contributed by atoms with Gasteiger partial charge in [0.15, 0.2) is 11.2 Å². The van der Waals surface area contributed by atoms with Crippen LogP contribution in [0.3, 0.4) is 0 Å². The largest absolute Gasteiger partial charge is 0.392 e. The number of aromatic nitrogens is 4. The monoisotopic (exact) mass is 542 g/mol. The first-order valence-electron chi connectivity index (χ1n) is 15.2. The van der Waals surface area contributed by atoms with Gasteiger partial charge in [-0.05, 0) is 38.2 Å². The van der Waals surface area contributed by atoms with Gasteiger partial charge in [0, 0.05) is 12.3 Å². The molecular formula is C31H50N4O4. The van der Waals surface area contributed by atoms with Gasteiger partial charge in [0.05, 0.1) is 25.1 Å². The van der Waals surface area contributed by atoms with Crippen LogP contribution in [0.25, 0.3) is 11.2 Å². The lowest BCUT2D eigenvalue weighted by molar-refractivity contribution is -0.264. The Labute approximate surface area is 233 Å². The van der Waals surface area contributed by atoms with E-state index >= 15 is 0 Å². The number of aromatic amines is 1. The van der Waals surface area contributed by atoms with E-state index in [1.165, 1.54) is 57.8 Å². The Bertz CT molecular complexity index is 1090. The molecule has 0 amide bonds. The molecule has 2 aromatic rings. The van der Waals surface area contributed by atoms with Gasteiger partial charge >= 0.3 is 0 Å². The number of imidazole rings is 1. The molecule has 0 aliphatic heterocycles. The van der Waals surface area contributed by atoms with Crippen molar-refractivity contribution in [2.75, 3.05) is 6.61 Å². The summed E-state index contributed by atoms with van der Waals surface area (Å²) < 4.78 is 1.91. The molecule has 39 heavy (non-hydrogen) atoms. The second kappa shape index (κ2) is 16.6. The van der Waals surface area contributed by atoms with Crippen LogP contribution in [0.15, 0.2) is 35.6 Å². The Hall–Kier alpha value is -2.45. The van der Waals surface area contributed by atoms with E-state index in [0.29, 0.717) is 30.0 Å². The SMILES string of the molecule is C=C(CCCCCCCCC[C@H]1C(=C)[C@@H](n2cnc3c(=O)[nH]c(C)nc32)C[C@@H]1O)OOCCCCCCCC. The fourth-order valence-corrected chi connectivity index (χ4v) is 5.65. The highest BCUT2D eigenvalue weighted by atomic mass is 17.2. The summed E-state index contributed by atoms with van der Waals surface area (Å²) in [5.41, 5.74) is 1.68. The number of H-pyrrole nitrogens is 1. The number of aryl methyl sites for hydroxylation is 1. The molecule has 8 heteroatoms. The first-order chi connectivity index (χ1) is 18.9. The quantitative estimate of drug-likeness (QED) is 0.0601. The molecule has 2 N–H and O–H groups in total. The van der Waals surface area contributed by atoms with E-state index in [1.807, 2.05) is 4.57 Å². The maximum Gasteiger partial charge on any atom is 0.279 e. The van der Waals surface area contributed by atoms with Crippen molar-refractivity contribution in [2.45, 2.75) is 129 Å². The maximum atomic E-state index is 12.2. The fraction of sp³-hybridized carbons (Fsp3) is 0.710. The number of fused-ring (bicyclic) bond motifs is 1. The summed E-state index contributed by atoms with van der Waals surface area (Å²) in [6, 6.07) is -0.0802. The topological polar surface area (TPSA) is 102 Å². The molecular weight excluding hydrogens is 492 g/mol. The molecule has 0 aromatic carbocycles. The third-order valence-electron chi connectivity index (χ3n) is 7.95. The number of allylic oxidation sites excluding steroid dienone is 1. The number of hydrogen-bond donors (Lipinski definition) is 2. The lowest BCUT2D eigenvalue weighted by Crippen LogP contribution is -2.13. The second-order valence-corrected chi connectivity index (χ2v) is 11.2. The summed E-state index contributed by atoms with van der Waals surface area (Å²) in [6.07, 6.45) is 19.2. The van der Waals surface area contributed by atoms with E-state index in [1.54, 1.807) is 13.3 Å². The van der Waals surface area contributed by atoms with Gasteiger partial charge in [-0.15, -0.1) is 0 Å². The molecule has 2 aromatic heterocycles. The molecule has 0 unspecified atom stereocenters. The first-order valence-corrected chi connectivity index (χ1v) is 15.2. The van der Waals surface area contributed by atoms with Gasteiger partial charge in [0.25, 0.3) is 5.56 Å². The number of aliphatic hydroxyl groups is 1. The lowest BCUT2D eigenvalue weighted by Gasteiger charge is -2.17. The van der Waals surface area contributed by atoms with Crippen molar-refractivity contribution in [1.82, 2.24) is 19.5 Å². The minimum Gasteiger partial charge on any atom is -0.392 e. The van der Waals surface area contributed by atoms with Crippen LogP contribution in [-0.2, 0) is 9.78 Å². The highest BCUT2D eigenvalue weighted by Gasteiger charge is 2.37. The van der Waals surface area contributed by atoms with Crippen LogP contribution in [0.5, 0.6) is 0 Å². The molecule has 2 heterocycles. The maximum absolute atomic E-state index is 12.2. The number of rotatable bonds is 20. The Morgan fingerprint density at radius 3 is 2.49 bits per heavy atom. The summed E-state index contributed by atoms with van der Waals surface area (Å²) in [6.45, 7) is 12.9. The zero-order valence-corrected chi connectivity index (χ0v) is 24.3. The molecule has 0 spiro atoms. The minimum absolute atomic E-state index is 0.0739. The van der Waals surface area contributed by atoms with E-state index in [0.717, 1.165) is 49.9 Å². The van der Waals surface area contributed by atoms with Crippen LogP contribution in [-0.4, -0.2) is 37.3 Å². The van der Waals surface area contributed by atoms with Crippen molar-refractivity contribution in [1.29, 1.82) is 0 Å². The van der Waals surface area contributed by atoms with E-state index in [4.69, 9.17) is 9.78 Å². The summed E-state index contributed by atoms with van der Waals surface area (Å²) >= 11 is 0. The summed E-state index contributed by atoms with van der Waals surface area (Å²) in [5.74, 6) is 1.36. The molecule has 3 atom stereocenters. The Kier molecular flexibility index (Phi) is 13.2. The van der Waals surface area contributed by atoms with Crippen molar-refractivity contribution in [3.8, 4) is 0 Å². The Balaban J connectivity index is 1.22. The van der Waals surface area contributed by atoms with Crippen molar-refractivity contribution in [3.05, 3.63) is 47.0 Å². The van der Waals surface area contributed by atoms with Crippen molar-refractivity contribution < 1.29 is 14.9 Å². The molecule has 0 radical (unpaired) electrons. The average molecular weight is 543 g/mol. The van der Waals surface area contributed by atoms with Crippen LogP contribution >= 0.6 is 0 Å². The van der Waals surface area contributed by atoms with Crippen LogP contribution in [0.4, 0.5) is 0 Å². The average Bonchev–Trinajstić information content (AvgIpc) is 3.44. The molecule has 0 bridgehead atoms. The van der Waals surface area contributed by atoms with E-state index in [9.17, 15) is 9.90 Å². The summed E-state index contributed by atoms with van der Waals surface area (Å²) in [5, 5.41) is 10.8. The molecule has 1 saturated carbocycles. The predicted molar refractivity (Wildman–Crippen MR) is 156 cm³/mol. The molecule has 0 saturated heterocycles. The van der Waals surface area contributed by atoms with E-state index in [2.05, 4.69) is 35.0 Å². The molecule has 1 aliphatic carbocycles. The number of aliphatic hydroxyl groups excluding tert-OH is 1. The van der Waals surface area contributed by atoms with E-state index < -0.39 is 6.10 Å². The van der Waals surface area contributed by atoms with Gasteiger partial charge < -0.3 is 19.5 Å². The van der Waals surface area contributed by atoms with Crippen molar-refractivity contribution >= 4 is 11.2 Å². The number of nitrogens with zero attached hydrogens (tertiary/aromatic N) is 3. The predicted octanol–water partition coefficient (Wildman–Crippen LogP) is 7.24. The molecule has 1 fully saturated rings. The third-order valence-corrected chi connectivity index (χ3v) is 7.95. The summed E-state index contributed by atoms with van der Waals surface area (Å²) in [7, 11) is 0. The molecule has 218 valence electrons.